The third-order valence-corrected chi connectivity index (χ3v) is 3.64. The van der Waals surface area contributed by atoms with Crippen LogP contribution in [0.1, 0.15) is 39.6 Å². The third-order valence-electron chi connectivity index (χ3n) is 3.64. The van der Waals surface area contributed by atoms with Gasteiger partial charge in [-0.3, -0.25) is 0 Å². The minimum Gasteiger partial charge on any atom is -0.382 e. The topological polar surface area (TPSA) is 15.3 Å². The molecule has 2 heteroatoms. The molecular weight excluding hydrogens is 208 g/mol. The van der Waals surface area contributed by atoms with Gasteiger partial charge in [0.05, 0.1) is 0 Å². The van der Waals surface area contributed by atoms with Crippen molar-refractivity contribution in [3.05, 3.63) is 29.8 Å². The first-order chi connectivity index (χ1) is 8.15. The summed E-state index contributed by atoms with van der Waals surface area (Å²) in [4.78, 5) is 2.41. The fraction of sp³-hybridized carbons (Fsp3) is 0.600. The second-order valence-corrected chi connectivity index (χ2v) is 5.50. The van der Waals surface area contributed by atoms with Gasteiger partial charge in [-0.05, 0) is 56.6 Å². The highest BCUT2D eigenvalue weighted by Crippen LogP contribution is 2.21. The van der Waals surface area contributed by atoms with Crippen LogP contribution in [0.2, 0.25) is 0 Å². The molecule has 2 nitrogen and oxygen atoms in total. The van der Waals surface area contributed by atoms with E-state index in [0.29, 0.717) is 12.0 Å². The van der Waals surface area contributed by atoms with Crippen LogP contribution in [0.25, 0.3) is 0 Å². The zero-order chi connectivity index (χ0) is 12.3. The Balaban J connectivity index is 0.00000162. The summed E-state index contributed by atoms with van der Waals surface area (Å²) in [5.41, 5.74) is 2.70. The van der Waals surface area contributed by atoms with Gasteiger partial charge in [0.2, 0.25) is 0 Å². The maximum atomic E-state index is 3.67. The molecule has 1 saturated heterocycles. The Morgan fingerprint density at radius 1 is 1.29 bits per heavy atom. The molecule has 1 aliphatic heterocycles. The molecule has 0 unspecified atom stereocenters. The lowest BCUT2D eigenvalue weighted by molar-refractivity contribution is 0.264. The minimum absolute atomic E-state index is 0. The lowest BCUT2D eigenvalue weighted by atomic mass is 10.0. The van der Waals surface area contributed by atoms with E-state index in [0.717, 1.165) is 0 Å². The summed E-state index contributed by atoms with van der Waals surface area (Å²) in [7, 11) is 2.20. The van der Waals surface area contributed by atoms with Crippen LogP contribution in [0.15, 0.2) is 24.3 Å². The smallest absolute Gasteiger partial charge is 0.0345 e. The number of likely N-dealkylation sites (tertiary alicyclic amines) is 1. The molecule has 0 aromatic heterocycles. The number of rotatable bonds is 3. The Morgan fingerprint density at radius 2 is 2.00 bits per heavy atom. The lowest BCUT2D eigenvalue weighted by Gasteiger charge is -2.30. The Kier molecular flexibility index (Phi) is 4.06. The summed E-state index contributed by atoms with van der Waals surface area (Å²) >= 11 is 0. The Hall–Kier alpha value is -1.02. The van der Waals surface area contributed by atoms with Gasteiger partial charge in [-0.1, -0.05) is 26.0 Å². The van der Waals surface area contributed by atoms with E-state index >= 15 is 0 Å². The molecule has 0 aliphatic carbocycles. The van der Waals surface area contributed by atoms with E-state index in [2.05, 4.69) is 55.4 Å². The van der Waals surface area contributed by atoms with Gasteiger partial charge in [0.1, 0.15) is 0 Å². The van der Waals surface area contributed by atoms with Crippen LogP contribution in [0.3, 0.4) is 0 Å². The predicted molar refractivity (Wildman–Crippen MR) is 76.8 cm³/mol. The molecule has 96 valence electrons. The van der Waals surface area contributed by atoms with Gasteiger partial charge < -0.3 is 10.2 Å². The van der Waals surface area contributed by atoms with Crippen molar-refractivity contribution in [1.29, 1.82) is 0 Å². The highest BCUT2D eigenvalue weighted by atomic mass is 15.1. The van der Waals surface area contributed by atoms with Gasteiger partial charge >= 0.3 is 0 Å². The van der Waals surface area contributed by atoms with Crippen LogP contribution in [0, 0.1) is 0 Å². The molecule has 1 heterocycles. The number of nitrogens with zero attached hydrogens (tertiary/aromatic N) is 1. The maximum absolute atomic E-state index is 3.67. The second-order valence-electron chi connectivity index (χ2n) is 5.50. The Bertz CT molecular complexity index is 357. The standard InChI is InChI=1S/C15H24N2.H2/c1-12(2)13-5-4-6-15(11-13)16-14-7-9-17(3)10-8-14;/h4-6,11-12,14,16H,7-10H2,1-3H3;1H. The molecule has 1 aromatic rings. The molecule has 0 bridgehead atoms. The first kappa shape index (κ1) is 12.4. The van der Waals surface area contributed by atoms with Crippen LogP contribution in [-0.2, 0) is 0 Å². The normalized spacial score (nSPS) is 18.6. The first-order valence-electron chi connectivity index (χ1n) is 6.70. The summed E-state index contributed by atoms with van der Waals surface area (Å²) in [5.74, 6) is 0.606. The van der Waals surface area contributed by atoms with Crippen molar-refractivity contribution in [1.82, 2.24) is 4.90 Å². The molecular formula is C15H26N2. The van der Waals surface area contributed by atoms with Crippen LogP contribution < -0.4 is 5.32 Å². The maximum Gasteiger partial charge on any atom is 0.0345 e. The fourth-order valence-corrected chi connectivity index (χ4v) is 2.38. The zero-order valence-electron chi connectivity index (χ0n) is 11.2. The molecule has 1 N–H and O–H groups in total. The first-order valence-corrected chi connectivity index (χ1v) is 6.70. The monoisotopic (exact) mass is 234 g/mol. The molecule has 0 radical (unpaired) electrons. The molecule has 0 amide bonds. The van der Waals surface area contributed by atoms with Crippen molar-refractivity contribution in [2.75, 3.05) is 25.5 Å². The van der Waals surface area contributed by atoms with E-state index < -0.39 is 0 Å². The summed E-state index contributed by atoms with van der Waals surface area (Å²) in [5, 5.41) is 3.67. The number of hydrogen-bond donors (Lipinski definition) is 1. The zero-order valence-corrected chi connectivity index (χ0v) is 11.2. The van der Waals surface area contributed by atoms with E-state index in [1.807, 2.05) is 0 Å². The van der Waals surface area contributed by atoms with Gasteiger partial charge in [-0.25, -0.2) is 0 Å². The molecule has 0 spiro atoms. The number of anilines is 1. The quantitative estimate of drug-likeness (QED) is 0.860. The van der Waals surface area contributed by atoms with E-state index in [9.17, 15) is 0 Å². The molecule has 1 aliphatic rings. The van der Waals surface area contributed by atoms with Crippen molar-refractivity contribution in [3.8, 4) is 0 Å². The number of hydrogen-bond acceptors (Lipinski definition) is 2. The van der Waals surface area contributed by atoms with Gasteiger partial charge in [0.25, 0.3) is 0 Å². The summed E-state index contributed by atoms with van der Waals surface area (Å²) in [6, 6.07) is 9.50. The van der Waals surface area contributed by atoms with Gasteiger partial charge in [-0.15, -0.1) is 0 Å². The second kappa shape index (κ2) is 5.54. The van der Waals surface area contributed by atoms with Crippen LogP contribution in [-0.4, -0.2) is 31.1 Å². The average Bonchev–Trinajstić information content (AvgIpc) is 2.32. The fourth-order valence-electron chi connectivity index (χ4n) is 2.38. The van der Waals surface area contributed by atoms with Crippen molar-refractivity contribution in [3.63, 3.8) is 0 Å². The predicted octanol–water partition coefficient (Wildman–Crippen LogP) is 3.56. The van der Waals surface area contributed by atoms with Crippen molar-refractivity contribution < 1.29 is 1.43 Å². The van der Waals surface area contributed by atoms with Crippen molar-refractivity contribution in [2.45, 2.75) is 38.6 Å². The number of nitrogens with one attached hydrogen (secondary N) is 1. The molecule has 1 aromatic carbocycles. The molecule has 1 fully saturated rings. The Morgan fingerprint density at radius 3 is 2.65 bits per heavy atom. The summed E-state index contributed by atoms with van der Waals surface area (Å²) in [6.45, 7) is 6.91. The van der Waals surface area contributed by atoms with Gasteiger partial charge in [-0.2, -0.15) is 0 Å². The van der Waals surface area contributed by atoms with E-state index in [4.69, 9.17) is 0 Å². The lowest BCUT2D eigenvalue weighted by Crippen LogP contribution is -2.36. The van der Waals surface area contributed by atoms with Crippen molar-refractivity contribution >= 4 is 5.69 Å². The highest BCUT2D eigenvalue weighted by Gasteiger charge is 2.16. The van der Waals surface area contributed by atoms with Gasteiger partial charge in [0.15, 0.2) is 0 Å². The SMILES string of the molecule is CC(C)c1cccc(NC2CCN(C)CC2)c1.[HH]. The van der Waals surface area contributed by atoms with Crippen molar-refractivity contribution in [2.24, 2.45) is 0 Å². The highest BCUT2D eigenvalue weighted by molar-refractivity contribution is 5.47. The molecule has 0 atom stereocenters. The van der Waals surface area contributed by atoms with E-state index in [1.165, 1.54) is 37.2 Å². The van der Waals surface area contributed by atoms with Crippen LogP contribution in [0.5, 0.6) is 0 Å². The average molecular weight is 234 g/mol. The van der Waals surface area contributed by atoms with Crippen LogP contribution in [0.4, 0.5) is 5.69 Å². The largest absolute Gasteiger partial charge is 0.382 e. The minimum atomic E-state index is 0. The Labute approximate surface area is 107 Å². The molecule has 0 saturated carbocycles. The van der Waals surface area contributed by atoms with E-state index in [-0.39, 0.29) is 1.43 Å². The van der Waals surface area contributed by atoms with Crippen LogP contribution >= 0.6 is 0 Å². The molecule has 17 heavy (non-hydrogen) atoms. The third kappa shape index (κ3) is 3.47. The summed E-state index contributed by atoms with van der Waals surface area (Å²) < 4.78 is 0. The number of piperidine rings is 1. The summed E-state index contributed by atoms with van der Waals surface area (Å²) in [6.07, 6.45) is 2.50. The van der Waals surface area contributed by atoms with E-state index in [1.54, 1.807) is 0 Å². The number of benzene rings is 1. The van der Waals surface area contributed by atoms with Gasteiger partial charge in [0, 0.05) is 13.2 Å². The molecule has 2 rings (SSSR count).